The molecule has 2 aromatic rings. The number of hydrogen-bond acceptors (Lipinski definition) is 5. The minimum atomic E-state index is -1.01. The van der Waals surface area contributed by atoms with Gasteiger partial charge in [-0.3, -0.25) is 14.8 Å². The van der Waals surface area contributed by atoms with E-state index >= 15 is 0 Å². The summed E-state index contributed by atoms with van der Waals surface area (Å²) in [5, 5.41) is 21.6. The van der Waals surface area contributed by atoms with Crippen LogP contribution in [0.3, 0.4) is 0 Å². The number of amides is 1. The van der Waals surface area contributed by atoms with Gasteiger partial charge in [-0.1, -0.05) is 31.5 Å². The van der Waals surface area contributed by atoms with Gasteiger partial charge in [-0.05, 0) is 39.7 Å². The van der Waals surface area contributed by atoms with E-state index in [9.17, 15) is 9.90 Å². The van der Waals surface area contributed by atoms with E-state index in [0.717, 1.165) is 43.5 Å². The molecule has 3 heterocycles. The third-order valence-corrected chi connectivity index (χ3v) is 6.25. The van der Waals surface area contributed by atoms with Crippen LogP contribution in [0.5, 0.6) is 0 Å². The molecular weight excluding hydrogens is 368 g/mol. The third kappa shape index (κ3) is 4.04. The SMILES string of the molecule is CCCCN1[C@@H]2COC[C@H]1C[C@@H](NC(=O)c1n[nH]c3c(C(C)(C)O)cccc13)C2. The van der Waals surface area contributed by atoms with E-state index in [1.54, 1.807) is 13.8 Å². The molecule has 7 nitrogen and oxygen atoms in total. The van der Waals surface area contributed by atoms with E-state index in [2.05, 4.69) is 27.3 Å². The highest BCUT2D eigenvalue weighted by Gasteiger charge is 2.39. The van der Waals surface area contributed by atoms with Crippen LogP contribution in [0.15, 0.2) is 18.2 Å². The number of nitrogens with one attached hydrogen (secondary N) is 2. The maximum absolute atomic E-state index is 13.0. The van der Waals surface area contributed by atoms with Gasteiger partial charge in [-0.2, -0.15) is 5.10 Å². The molecule has 2 aliphatic rings. The zero-order valence-electron chi connectivity index (χ0n) is 17.6. The Morgan fingerprint density at radius 3 is 2.72 bits per heavy atom. The Morgan fingerprint density at radius 1 is 1.34 bits per heavy atom. The number of fused-ring (bicyclic) bond motifs is 3. The largest absolute Gasteiger partial charge is 0.386 e. The van der Waals surface area contributed by atoms with Crippen LogP contribution in [0.2, 0.25) is 0 Å². The number of ether oxygens (including phenoxy) is 1. The van der Waals surface area contributed by atoms with Crippen molar-refractivity contribution in [2.75, 3.05) is 19.8 Å². The number of piperidine rings is 1. The van der Waals surface area contributed by atoms with Crippen molar-refractivity contribution in [3.63, 3.8) is 0 Å². The van der Waals surface area contributed by atoms with E-state index in [1.165, 1.54) is 12.8 Å². The molecule has 158 valence electrons. The average Bonchev–Trinajstić information content (AvgIpc) is 3.09. The van der Waals surface area contributed by atoms with Crippen LogP contribution in [0.25, 0.3) is 10.9 Å². The molecule has 0 radical (unpaired) electrons. The van der Waals surface area contributed by atoms with E-state index in [0.29, 0.717) is 23.3 Å². The summed E-state index contributed by atoms with van der Waals surface area (Å²) in [4.78, 5) is 15.6. The summed E-state index contributed by atoms with van der Waals surface area (Å²) < 4.78 is 5.78. The fourth-order valence-electron chi connectivity index (χ4n) is 4.79. The number of aromatic amines is 1. The number of aromatic nitrogens is 2. The molecule has 2 saturated heterocycles. The molecule has 29 heavy (non-hydrogen) atoms. The standard InChI is InChI=1S/C22H32N4O3/c1-4-5-9-26-15-10-14(11-16(26)13-29-12-15)23-21(27)20-17-7-6-8-18(22(2,3)28)19(17)24-25-20/h6-8,14-16,28H,4-5,9-13H2,1-3H3,(H,23,27)(H,24,25)/t14-,15-,16+. The van der Waals surface area contributed by atoms with Gasteiger partial charge < -0.3 is 15.2 Å². The van der Waals surface area contributed by atoms with Crippen molar-refractivity contribution in [1.82, 2.24) is 20.4 Å². The first-order valence-electron chi connectivity index (χ1n) is 10.7. The van der Waals surface area contributed by atoms with Gasteiger partial charge in [0.15, 0.2) is 5.69 Å². The normalized spacial score (nSPS) is 25.3. The Balaban J connectivity index is 1.49. The Bertz CT molecular complexity index is 859. The van der Waals surface area contributed by atoms with E-state index in [4.69, 9.17) is 4.74 Å². The number of hydrogen-bond donors (Lipinski definition) is 3. The molecule has 1 aromatic carbocycles. The van der Waals surface area contributed by atoms with Crippen LogP contribution in [0.1, 0.15) is 62.5 Å². The molecule has 4 rings (SSSR count). The lowest BCUT2D eigenvalue weighted by Gasteiger charge is -2.48. The van der Waals surface area contributed by atoms with Crippen molar-refractivity contribution in [3.8, 4) is 0 Å². The number of para-hydroxylation sites is 1. The number of carbonyl (C=O) groups excluding carboxylic acids is 1. The van der Waals surface area contributed by atoms with Crippen molar-refractivity contribution in [3.05, 3.63) is 29.5 Å². The summed E-state index contributed by atoms with van der Waals surface area (Å²) in [5.41, 5.74) is 0.825. The maximum Gasteiger partial charge on any atom is 0.272 e. The van der Waals surface area contributed by atoms with Gasteiger partial charge in [0, 0.05) is 29.1 Å². The number of carbonyl (C=O) groups is 1. The zero-order chi connectivity index (χ0) is 20.6. The molecule has 0 spiro atoms. The lowest BCUT2D eigenvalue weighted by Crippen LogP contribution is -2.60. The molecule has 0 saturated carbocycles. The molecule has 3 atom stereocenters. The van der Waals surface area contributed by atoms with Gasteiger partial charge in [0.05, 0.1) is 24.3 Å². The highest BCUT2D eigenvalue weighted by molar-refractivity contribution is 6.05. The zero-order valence-corrected chi connectivity index (χ0v) is 17.6. The average molecular weight is 401 g/mol. The Kier molecular flexibility index (Phi) is 5.64. The van der Waals surface area contributed by atoms with Gasteiger partial charge in [0.1, 0.15) is 0 Å². The predicted molar refractivity (Wildman–Crippen MR) is 112 cm³/mol. The Labute approximate surface area is 171 Å². The van der Waals surface area contributed by atoms with Crippen LogP contribution in [0, 0.1) is 0 Å². The van der Waals surface area contributed by atoms with Gasteiger partial charge in [0.2, 0.25) is 0 Å². The second-order valence-electron chi connectivity index (χ2n) is 8.94. The van der Waals surface area contributed by atoms with E-state index < -0.39 is 5.60 Å². The van der Waals surface area contributed by atoms with Crippen molar-refractivity contribution in [2.24, 2.45) is 0 Å². The molecule has 0 aliphatic carbocycles. The van der Waals surface area contributed by atoms with Crippen molar-refractivity contribution >= 4 is 16.8 Å². The number of rotatable bonds is 6. The first kappa shape index (κ1) is 20.3. The summed E-state index contributed by atoms with van der Waals surface area (Å²) in [6.45, 7) is 8.28. The summed E-state index contributed by atoms with van der Waals surface area (Å²) in [6.07, 6.45) is 4.20. The second-order valence-corrected chi connectivity index (χ2v) is 8.94. The van der Waals surface area contributed by atoms with Crippen LogP contribution in [-0.4, -0.2) is 64.0 Å². The second kappa shape index (κ2) is 8.05. The number of unbranched alkanes of at least 4 members (excludes halogenated alkanes) is 1. The maximum atomic E-state index is 13.0. The van der Waals surface area contributed by atoms with Crippen LogP contribution in [0.4, 0.5) is 0 Å². The summed E-state index contributed by atoms with van der Waals surface area (Å²) in [6, 6.07) is 6.46. The molecule has 1 amide bonds. The first-order chi connectivity index (χ1) is 13.9. The van der Waals surface area contributed by atoms with Gasteiger partial charge in [-0.25, -0.2) is 0 Å². The van der Waals surface area contributed by atoms with Crippen molar-refractivity contribution in [2.45, 2.75) is 70.2 Å². The predicted octanol–water partition coefficient (Wildman–Crippen LogP) is 2.55. The fraction of sp³-hybridized carbons (Fsp3) is 0.636. The molecule has 2 bridgehead atoms. The lowest BCUT2D eigenvalue weighted by atomic mass is 9.89. The van der Waals surface area contributed by atoms with Crippen molar-refractivity contribution in [1.29, 1.82) is 0 Å². The first-order valence-corrected chi connectivity index (χ1v) is 10.7. The highest BCUT2D eigenvalue weighted by Crippen LogP contribution is 2.30. The summed E-state index contributed by atoms with van der Waals surface area (Å²) >= 11 is 0. The minimum absolute atomic E-state index is 0.128. The Morgan fingerprint density at radius 2 is 2.07 bits per heavy atom. The van der Waals surface area contributed by atoms with Crippen molar-refractivity contribution < 1.29 is 14.6 Å². The molecule has 1 aromatic heterocycles. The summed E-state index contributed by atoms with van der Waals surface area (Å²) in [5.74, 6) is -0.157. The molecule has 2 aliphatic heterocycles. The third-order valence-electron chi connectivity index (χ3n) is 6.25. The topological polar surface area (TPSA) is 90.5 Å². The van der Waals surface area contributed by atoms with Crippen LogP contribution >= 0.6 is 0 Å². The number of H-pyrrole nitrogens is 1. The van der Waals surface area contributed by atoms with E-state index in [1.807, 2.05) is 18.2 Å². The fourth-order valence-corrected chi connectivity index (χ4v) is 4.79. The highest BCUT2D eigenvalue weighted by atomic mass is 16.5. The van der Waals surface area contributed by atoms with E-state index in [-0.39, 0.29) is 11.9 Å². The molecule has 0 unspecified atom stereocenters. The molecule has 2 fully saturated rings. The molecule has 7 heteroatoms. The lowest BCUT2D eigenvalue weighted by molar-refractivity contribution is -0.0802. The number of morpholine rings is 1. The quantitative estimate of drug-likeness (QED) is 0.693. The monoisotopic (exact) mass is 400 g/mol. The van der Waals surface area contributed by atoms with Gasteiger partial charge in [-0.15, -0.1) is 0 Å². The molecular formula is C22H32N4O3. The smallest absolute Gasteiger partial charge is 0.272 e. The van der Waals surface area contributed by atoms with Gasteiger partial charge in [0.25, 0.3) is 5.91 Å². The minimum Gasteiger partial charge on any atom is -0.386 e. The Hall–Kier alpha value is -1.96. The van der Waals surface area contributed by atoms with Crippen LogP contribution in [-0.2, 0) is 10.3 Å². The molecule has 3 N–H and O–H groups in total. The summed E-state index contributed by atoms with van der Waals surface area (Å²) in [7, 11) is 0. The number of aliphatic hydroxyl groups is 1. The van der Waals surface area contributed by atoms with Gasteiger partial charge >= 0.3 is 0 Å². The van der Waals surface area contributed by atoms with Crippen LogP contribution < -0.4 is 5.32 Å². The number of benzene rings is 1. The number of nitrogens with zero attached hydrogens (tertiary/aromatic N) is 2.